The molecule has 0 aromatic carbocycles. The maximum Gasteiger partial charge on any atom is 1.00 e. The van der Waals surface area contributed by atoms with Gasteiger partial charge in [-0.1, -0.05) is 0 Å². The van der Waals surface area contributed by atoms with Crippen LogP contribution < -0.4 is 51.4 Å². The van der Waals surface area contributed by atoms with Crippen molar-refractivity contribution >= 4 is 7.85 Å². The van der Waals surface area contributed by atoms with Gasteiger partial charge in [-0.15, -0.1) is 0 Å². The van der Waals surface area contributed by atoms with Crippen molar-refractivity contribution in [1.82, 2.24) is 0 Å². The first-order chi connectivity index (χ1) is 2.41. The molecule has 0 aliphatic rings. The molecule has 0 amide bonds. The van der Waals surface area contributed by atoms with Crippen LogP contribution in [0, 0.1) is 23.1 Å². The molecule has 0 aromatic heterocycles. The zero-order chi connectivity index (χ0) is 4.71. The van der Waals surface area contributed by atoms with Crippen LogP contribution in [0.15, 0.2) is 0 Å². The summed E-state index contributed by atoms with van der Waals surface area (Å²) in [5.41, 5.74) is 0. The first-order valence-corrected chi connectivity index (χ1v) is 0.736. The van der Waals surface area contributed by atoms with E-state index >= 15 is 0 Å². The van der Waals surface area contributed by atoms with E-state index in [1.807, 2.05) is 0 Å². The summed E-state index contributed by atoms with van der Waals surface area (Å²) in [7, 11) is 4.15. The van der Waals surface area contributed by atoms with E-state index in [0.717, 1.165) is 0 Å². The summed E-state index contributed by atoms with van der Waals surface area (Å²) in [6.45, 7) is 4.75. The molecular formula is C2BKN2. The van der Waals surface area contributed by atoms with E-state index in [0.29, 0.717) is 0 Å². The van der Waals surface area contributed by atoms with E-state index < -0.39 is 0 Å². The summed E-state index contributed by atoms with van der Waals surface area (Å²) in [4.78, 5) is 0. The van der Waals surface area contributed by atoms with Crippen LogP contribution >= 0.6 is 0 Å². The van der Waals surface area contributed by atoms with Crippen LogP contribution in [-0.2, 0) is 0 Å². The zero-order valence-electron chi connectivity index (χ0n) is 3.47. The third kappa shape index (κ3) is 137. The standard InChI is InChI=1S/CBN.CN.K/c2-1-3;1-2;/q;-1;+1. The fourth-order valence-electron chi connectivity index (χ4n) is 0. The average Bonchev–Trinajstić information content (AvgIpc) is 1.46. The van der Waals surface area contributed by atoms with Gasteiger partial charge in [0.05, 0.1) is 0 Å². The van der Waals surface area contributed by atoms with E-state index in [9.17, 15) is 0 Å². The third-order valence-electron chi connectivity index (χ3n) is 0. The van der Waals surface area contributed by atoms with Gasteiger partial charge in [-0.05, 0) is 5.97 Å². The first kappa shape index (κ1) is 15.9. The SMILES string of the molecule is [B]C#N.[C-]#N.[K+]. The van der Waals surface area contributed by atoms with Gasteiger partial charge < -0.3 is 11.8 Å². The van der Waals surface area contributed by atoms with E-state index in [1.165, 1.54) is 5.97 Å². The molecular weight excluding hydrogens is 102 g/mol. The number of nitrogens with zero attached hydrogens (tertiary/aromatic N) is 2. The van der Waals surface area contributed by atoms with Crippen LogP contribution in [0.25, 0.3) is 0 Å². The fourth-order valence-corrected chi connectivity index (χ4v) is 0. The maximum absolute atomic E-state index is 7.10. The molecule has 0 spiro atoms. The second-order valence-electron chi connectivity index (χ2n) is 0.129. The summed E-state index contributed by atoms with van der Waals surface area (Å²) in [6, 6.07) is 0. The van der Waals surface area contributed by atoms with Crippen molar-refractivity contribution < 1.29 is 51.4 Å². The van der Waals surface area contributed by atoms with Crippen molar-refractivity contribution in [2.45, 2.75) is 0 Å². The first-order valence-electron chi connectivity index (χ1n) is 0.736. The Hall–Kier alpha value is 0.681. The number of rotatable bonds is 0. The van der Waals surface area contributed by atoms with Crippen molar-refractivity contribution in [3.8, 4) is 5.97 Å². The summed E-state index contributed by atoms with van der Waals surface area (Å²) in [5, 5.41) is 13.3. The van der Waals surface area contributed by atoms with Crippen LogP contribution in [0.1, 0.15) is 0 Å². The molecule has 0 saturated heterocycles. The van der Waals surface area contributed by atoms with Crippen LogP contribution in [-0.4, -0.2) is 7.85 Å². The Morgan fingerprint density at radius 1 is 1.50 bits per heavy atom. The molecule has 0 bridgehead atoms. The molecule has 0 atom stereocenters. The van der Waals surface area contributed by atoms with Crippen molar-refractivity contribution in [2.24, 2.45) is 0 Å². The van der Waals surface area contributed by atoms with E-state index in [1.54, 1.807) is 0 Å². The Balaban J connectivity index is -0.0000000275. The molecule has 0 N–H and O–H groups in total. The van der Waals surface area contributed by atoms with Gasteiger partial charge in [0.15, 0.2) is 0 Å². The molecule has 2 radical (unpaired) electrons. The largest absolute Gasteiger partial charge is 1.00 e. The smallest absolute Gasteiger partial charge is 0.512 e. The Kier molecular flexibility index (Phi) is 117. The van der Waals surface area contributed by atoms with E-state index in [2.05, 4.69) is 7.85 Å². The van der Waals surface area contributed by atoms with Gasteiger partial charge in [0.2, 0.25) is 7.85 Å². The van der Waals surface area contributed by atoms with E-state index in [-0.39, 0.29) is 51.4 Å². The third-order valence-corrected chi connectivity index (χ3v) is 0. The fraction of sp³-hybridized carbons (Fsp3) is 0. The van der Waals surface area contributed by atoms with Gasteiger partial charge in [0, 0.05) is 0 Å². The predicted molar refractivity (Wildman–Crippen MR) is 16.3 cm³/mol. The minimum absolute atomic E-state index is 0. The maximum atomic E-state index is 7.10. The Morgan fingerprint density at radius 2 is 1.50 bits per heavy atom. The van der Waals surface area contributed by atoms with Crippen molar-refractivity contribution in [3.05, 3.63) is 6.57 Å². The number of nitriles is 1. The topological polar surface area (TPSA) is 47.6 Å². The van der Waals surface area contributed by atoms with Crippen molar-refractivity contribution in [3.63, 3.8) is 0 Å². The Bertz CT molecular complexity index is 54.3. The molecule has 0 fully saturated rings. The molecule has 0 rings (SSSR count). The van der Waals surface area contributed by atoms with Crippen LogP contribution in [0.5, 0.6) is 0 Å². The van der Waals surface area contributed by atoms with Gasteiger partial charge in [0.25, 0.3) is 0 Å². The predicted octanol–water partition coefficient (Wildman–Crippen LogP) is -3.26. The average molecular weight is 102 g/mol. The molecule has 0 unspecified atom stereocenters. The van der Waals surface area contributed by atoms with Gasteiger partial charge >= 0.3 is 51.4 Å². The molecule has 22 valence electrons. The van der Waals surface area contributed by atoms with Gasteiger partial charge in [-0.25, -0.2) is 5.26 Å². The van der Waals surface area contributed by atoms with Crippen molar-refractivity contribution in [2.75, 3.05) is 0 Å². The van der Waals surface area contributed by atoms with Crippen LogP contribution in [0.3, 0.4) is 0 Å². The number of hydrogen-bond acceptors (Lipinski definition) is 2. The second kappa shape index (κ2) is 44.0. The summed E-state index contributed by atoms with van der Waals surface area (Å²) < 4.78 is 0. The minimum Gasteiger partial charge on any atom is -0.512 e. The monoisotopic (exact) mass is 102 g/mol. The summed E-state index contributed by atoms with van der Waals surface area (Å²) in [5.74, 6) is 1.25. The Labute approximate surface area is 81.0 Å². The molecule has 4 heteroatoms. The van der Waals surface area contributed by atoms with Crippen LogP contribution in [0.4, 0.5) is 0 Å². The summed E-state index contributed by atoms with van der Waals surface area (Å²) in [6.07, 6.45) is 0. The van der Waals surface area contributed by atoms with Crippen molar-refractivity contribution in [1.29, 1.82) is 10.5 Å². The second-order valence-corrected chi connectivity index (χ2v) is 0.129. The van der Waals surface area contributed by atoms with Gasteiger partial charge in [0.1, 0.15) is 0 Å². The molecule has 6 heavy (non-hydrogen) atoms. The molecule has 2 nitrogen and oxygen atoms in total. The van der Waals surface area contributed by atoms with E-state index in [4.69, 9.17) is 17.1 Å². The minimum atomic E-state index is 0. The van der Waals surface area contributed by atoms with Crippen LogP contribution in [0.2, 0.25) is 0 Å². The number of hydrogen-bond donors (Lipinski definition) is 0. The molecule has 0 aromatic rings. The Morgan fingerprint density at radius 3 is 1.50 bits per heavy atom. The molecule has 0 aliphatic heterocycles. The quantitative estimate of drug-likeness (QED) is 0.238. The van der Waals surface area contributed by atoms with Gasteiger partial charge in [-0.2, -0.15) is 0 Å². The molecule has 0 aliphatic carbocycles. The molecule has 0 heterocycles. The normalized spacial score (nSPS) is 1.50. The van der Waals surface area contributed by atoms with Gasteiger partial charge in [-0.3, -0.25) is 0 Å². The molecule has 0 saturated carbocycles. The summed E-state index contributed by atoms with van der Waals surface area (Å²) >= 11 is 0. The zero-order valence-corrected chi connectivity index (χ0v) is 6.59.